The molecular formula is C21H44N2O5. The topological polar surface area (TPSA) is 85.9 Å². The summed E-state index contributed by atoms with van der Waals surface area (Å²) in [6.45, 7) is 13.6. The van der Waals surface area contributed by atoms with Gasteiger partial charge < -0.3 is 24.8 Å². The molecule has 0 bridgehead atoms. The molecule has 0 unspecified atom stereocenters. The van der Waals surface area contributed by atoms with E-state index in [0.29, 0.717) is 19.8 Å². The highest BCUT2D eigenvalue weighted by atomic mass is 16.5. The number of hydrogen-bond acceptors (Lipinski definition) is 5. The summed E-state index contributed by atoms with van der Waals surface area (Å²) >= 11 is 0. The van der Waals surface area contributed by atoms with Crippen LogP contribution >= 0.6 is 0 Å². The van der Waals surface area contributed by atoms with Crippen molar-refractivity contribution in [3.63, 3.8) is 0 Å². The summed E-state index contributed by atoms with van der Waals surface area (Å²) in [6, 6.07) is 0. The fourth-order valence-electron chi connectivity index (χ4n) is 2.12. The maximum atomic E-state index is 11.4. The molecule has 0 aromatic rings. The van der Waals surface area contributed by atoms with E-state index < -0.39 is 0 Å². The number of unbranched alkanes of at least 4 members (excludes halogenated alkanes) is 4. The van der Waals surface area contributed by atoms with Crippen LogP contribution in [0.25, 0.3) is 0 Å². The first-order valence-corrected chi connectivity index (χ1v) is 10.8. The van der Waals surface area contributed by atoms with Crippen molar-refractivity contribution in [1.29, 1.82) is 0 Å². The zero-order chi connectivity index (χ0) is 21.5. The number of carbonyl (C=O) groups excluding carboxylic acids is 2. The molecule has 0 aromatic carbocycles. The van der Waals surface area contributed by atoms with Crippen LogP contribution in [0.4, 0.5) is 0 Å². The molecule has 0 spiro atoms. The molecular weight excluding hydrogens is 360 g/mol. The van der Waals surface area contributed by atoms with Gasteiger partial charge >= 0.3 is 0 Å². The molecule has 0 saturated heterocycles. The Morgan fingerprint density at radius 2 is 1.25 bits per heavy atom. The molecule has 0 fully saturated rings. The van der Waals surface area contributed by atoms with E-state index in [-0.39, 0.29) is 24.5 Å². The second-order valence-electron chi connectivity index (χ2n) is 6.54. The van der Waals surface area contributed by atoms with E-state index in [9.17, 15) is 9.59 Å². The van der Waals surface area contributed by atoms with Crippen LogP contribution in [0, 0.1) is 0 Å². The maximum Gasteiger partial charge on any atom is 0.246 e. The van der Waals surface area contributed by atoms with Crippen molar-refractivity contribution >= 4 is 11.8 Å². The number of carbonyl (C=O) groups is 2. The van der Waals surface area contributed by atoms with Gasteiger partial charge in [-0.05, 0) is 52.4 Å². The van der Waals surface area contributed by atoms with Gasteiger partial charge in [0, 0.05) is 33.2 Å². The van der Waals surface area contributed by atoms with Gasteiger partial charge in [-0.25, -0.2) is 0 Å². The quantitative estimate of drug-likeness (QED) is 0.343. The normalized spacial score (nSPS) is 10.4. The summed E-state index contributed by atoms with van der Waals surface area (Å²) in [4.78, 5) is 22.1. The summed E-state index contributed by atoms with van der Waals surface area (Å²) in [7, 11) is 0. The van der Waals surface area contributed by atoms with Crippen LogP contribution < -0.4 is 10.6 Å². The summed E-state index contributed by atoms with van der Waals surface area (Å²) < 4.78 is 16.2. The van der Waals surface area contributed by atoms with E-state index in [1.54, 1.807) is 0 Å². The largest absolute Gasteiger partial charge is 0.379 e. The second kappa shape index (κ2) is 23.9. The minimum atomic E-state index is -0.0535. The summed E-state index contributed by atoms with van der Waals surface area (Å²) in [5, 5.41) is 5.62. The highest BCUT2D eigenvalue weighted by Gasteiger charge is 2.02. The number of rotatable bonds is 18. The van der Waals surface area contributed by atoms with Crippen molar-refractivity contribution in [2.24, 2.45) is 0 Å². The fraction of sp³-hybridized carbons (Fsp3) is 0.905. The van der Waals surface area contributed by atoms with Crippen molar-refractivity contribution in [3.8, 4) is 0 Å². The number of hydrogen-bond donors (Lipinski definition) is 2. The smallest absolute Gasteiger partial charge is 0.246 e. The van der Waals surface area contributed by atoms with Gasteiger partial charge in [-0.1, -0.05) is 13.8 Å². The van der Waals surface area contributed by atoms with Gasteiger partial charge in [0.2, 0.25) is 11.8 Å². The predicted octanol–water partition coefficient (Wildman–Crippen LogP) is 3.06. The molecule has 7 heteroatoms. The van der Waals surface area contributed by atoms with Crippen molar-refractivity contribution in [2.45, 2.75) is 79.2 Å². The van der Waals surface area contributed by atoms with E-state index >= 15 is 0 Å². The van der Waals surface area contributed by atoms with Crippen LogP contribution in [0.2, 0.25) is 0 Å². The molecule has 0 heterocycles. The van der Waals surface area contributed by atoms with Crippen molar-refractivity contribution in [1.82, 2.24) is 10.6 Å². The van der Waals surface area contributed by atoms with Gasteiger partial charge in [-0.3, -0.25) is 9.59 Å². The van der Waals surface area contributed by atoms with Gasteiger partial charge in [0.15, 0.2) is 0 Å². The van der Waals surface area contributed by atoms with E-state index in [1.807, 2.05) is 27.7 Å². The molecule has 28 heavy (non-hydrogen) atoms. The summed E-state index contributed by atoms with van der Waals surface area (Å²) in [5.41, 5.74) is 0. The molecule has 0 aliphatic rings. The predicted molar refractivity (Wildman–Crippen MR) is 113 cm³/mol. The Balaban J connectivity index is 0. The Labute approximate surface area is 172 Å². The standard InChI is InChI=1S/C19H38N2O5.C2H6/c1-17(2)26-16-19(23)21-11-7-5-9-13-25-15-14-24-12-8-4-6-10-20-18(3)22;1-2/h17H,4-16H2,1-3H3,(H,20,22)(H,21,23);1-2H3. The molecule has 168 valence electrons. The molecule has 0 radical (unpaired) electrons. The Bertz CT molecular complexity index is 352. The van der Waals surface area contributed by atoms with Crippen molar-refractivity contribution in [3.05, 3.63) is 0 Å². The summed E-state index contributed by atoms with van der Waals surface area (Å²) in [5.74, 6) is -0.0263. The van der Waals surface area contributed by atoms with E-state index in [2.05, 4.69) is 10.6 Å². The Kier molecular flexibility index (Phi) is 24.7. The van der Waals surface area contributed by atoms with Gasteiger partial charge in [0.05, 0.1) is 19.3 Å². The van der Waals surface area contributed by atoms with E-state index in [1.165, 1.54) is 6.92 Å². The third-order valence-corrected chi connectivity index (χ3v) is 3.55. The third-order valence-electron chi connectivity index (χ3n) is 3.55. The minimum absolute atomic E-state index is 0.0272. The number of amides is 2. The lowest BCUT2D eigenvalue weighted by atomic mass is 10.2. The second-order valence-corrected chi connectivity index (χ2v) is 6.54. The van der Waals surface area contributed by atoms with Gasteiger partial charge in [-0.15, -0.1) is 0 Å². The molecule has 0 aliphatic carbocycles. The SMILES string of the molecule is CC.CC(=O)NCCCCCOCCOCCCCCNC(=O)COC(C)C. The highest BCUT2D eigenvalue weighted by molar-refractivity contribution is 5.77. The van der Waals surface area contributed by atoms with Crippen LogP contribution in [0.15, 0.2) is 0 Å². The molecule has 0 atom stereocenters. The van der Waals surface area contributed by atoms with Gasteiger partial charge in [0.1, 0.15) is 6.61 Å². The first-order chi connectivity index (χ1) is 13.5. The van der Waals surface area contributed by atoms with Crippen LogP contribution in [-0.4, -0.2) is 64.0 Å². The molecule has 2 N–H and O–H groups in total. The van der Waals surface area contributed by atoms with Crippen LogP contribution in [-0.2, 0) is 23.8 Å². The lowest BCUT2D eigenvalue weighted by Gasteiger charge is -2.08. The summed E-state index contributed by atoms with van der Waals surface area (Å²) in [6.07, 6.45) is 6.10. The first kappa shape index (κ1) is 29.0. The van der Waals surface area contributed by atoms with Crippen molar-refractivity contribution in [2.75, 3.05) is 46.1 Å². The third kappa shape index (κ3) is 27.0. The number of ether oxygens (including phenoxy) is 3. The first-order valence-electron chi connectivity index (χ1n) is 10.8. The average molecular weight is 405 g/mol. The zero-order valence-corrected chi connectivity index (χ0v) is 18.8. The Morgan fingerprint density at radius 1 is 0.750 bits per heavy atom. The lowest BCUT2D eigenvalue weighted by Crippen LogP contribution is -2.29. The molecule has 0 saturated carbocycles. The molecule has 0 rings (SSSR count). The molecule has 0 aliphatic heterocycles. The van der Waals surface area contributed by atoms with E-state index in [4.69, 9.17) is 14.2 Å². The number of nitrogens with one attached hydrogen (secondary N) is 2. The zero-order valence-electron chi connectivity index (χ0n) is 18.8. The lowest BCUT2D eigenvalue weighted by molar-refractivity contribution is -0.127. The Morgan fingerprint density at radius 3 is 1.71 bits per heavy atom. The van der Waals surface area contributed by atoms with Gasteiger partial charge in [0.25, 0.3) is 0 Å². The highest BCUT2D eigenvalue weighted by Crippen LogP contribution is 1.97. The van der Waals surface area contributed by atoms with E-state index in [0.717, 1.165) is 58.3 Å². The van der Waals surface area contributed by atoms with Crippen LogP contribution in [0.1, 0.15) is 73.1 Å². The monoisotopic (exact) mass is 404 g/mol. The van der Waals surface area contributed by atoms with Crippen LogP contribution in [0.5, 0.6) is 0 Å². The minimum Gasteiger partial charge on any atom is -0.379 e. The maximum absolute atomic E-state index is 11.4. The molecule has 0 aromatic heterocycles. The fourth-order valence-corrected chi connectivity index (χ4v) is 2.12. The average Bonchev–Trinajstić information content (AvgIpc) is 2.67. The molecule has 2 amide bonds. The van der Waals surface area contributed by atoms with Crippen LogP contribution in [0.3, 0.4) is 0 Å². The molecule has 7 nitrogen and oxygen atoms in total. The van der Waals surface area contributed by atoms with Gasteiger partial charge in [-0.2, -0.15) is 0 Å². The Hall–Kier alpha value is -1.18. The van der Waals surface area contributed by atoms with Crippen molar-refractivity contribution < 1.29 is 23.8 Å².